The van der Waals surface area contributed by atoms with Crippen molar-refractivity contribution in [1.29, 1.82) is 0 Å². The van der Waals surface area contributed by atoms with Crippen LogP contribution in [0.15, 0.2) is 16.6 Å². The maximum Gasteiger partial charge on any atom is 0.173 e. The van der Waals surface area contributed by atoms with E-state index < -0.39 is 11.6 Å². The molecule has 1 aromatic carbocycles. The number of hydrogen-bond donors (Lipinski definition) is 1. The van der Waals surface area contributed by atoms with E-state index >= 15 is 0 Å². The van der Waals surface area contributed by atoms with Gasteiger partial charge in [-0.25, -0.2) is 13.8 Å². The summed E-state index contributed by atoms with van der Waals surface area (Å²) in [7, 11) is 0. The van der Waals surface area contributed by atoms with Crippen molar-refractivity contribution in [2.75, 3.05) is 6.54 Å². The molecular formula is C14H15BrF2N2S. The standard InChI is InChI=1S/C14H15BrF2N2S/c1-4-18-7(2)13-8(3)19-14(20-13)9-5-6-10(16)12(17)11(9)15/h5-7,18H,4H2,1-3H3. The molecule has 0 radical (unpaired) electrons. The number of aryl methyl sites for hydroxylation is 1. The molecule has 1 unspecified atom stereocenters. The molecule has 20 heavy (non-hydrogen) atoms. The van der Waals surface area contributed by atoms with Crippen LogP contribution in [0.4, 0.5) is 8.78 Å². The van der Waals surface area contributed by atoms with E-state index in [9.17, 15) is 8.78 Å². The zero-order valence-electron chi connectivity index (χ0n) is 11.4. The zero-order chi connectivity index (χ0) is 14.9. The first-order valence-electron chi connectivity index (χ1n) is 6.30. The number of hydrogen-bond acceptors (Lipinski definition) is 3. The van der Waals surface area contributed by atoms with Crippen LogP contribution in [-0.4, -0.2) is 11.5 Å². The normalized spacial score (nSPS) is 12.7. The third-order valence-electron chi connectivity index (χ3n) is 3.00. The van der Waals surface area contributed by atoms with Crippen molar-refractivity contribution in [2.24, 2.45) is 0 Å². The molecule has 0 fully saturated rings. The van der Waals surface area contributed by atoms with E-state index in [1.807, 2.05) is 13.8 Å². The lowest BCUT2D eigenvalue weighted by atomic mass is 10.2. The molecule has 108 valence electrons. The molecule has 0 aliphatic rings. The van der Waals surface area contributed by atoms with E-state index in [4.69, 9.17) is 0 Å². The first-order chi connectivity index (χ1) is 9.45. The summed E-state index contributed by atoms with van der Waals surface area (Å²) in [5, 5.41) is 4.02. The van der Waals surface area contributed by atoms with Gasteiger partial charge in [0.1, 0.15) is 5.01 Å². The lowest BCUT2D eigenvalue weighted by Gasteiger charge is -2.10. The van der Waals surface area contributed by atoms with Crippen LogP contribution in [0.5, 0.6) is 0 Å². The molecule has 0 bridgehead atoms. The van der Waals surface area contributed by atoms with Gasteiger partial charge >= 0.3 is 0 Å². The van der Waals surface area contributed by atoms with Gasteiger partial charge in [0.2, 0.25) is 0 Å². The number of halogens is 3. The molecule has 0 aliphatic carbocycles. The summed E-state index contributed by atoms with van der Waals surface area (Å²) in [6, 6.07) is 2.86. The van der Waals surface area contributed by atoms with Crippen molar-refractivity contribution in [3.8, 4) is 10.6 Å². The molecule has 1 aromatic heterocycles. The Morgan fingerprint density at radius 1 is 1.40 bits per heavy atom. The quantitative estimate of drug-likeness (QED) is 0.789. The van der Waals surface area contributed by atoms with Gasteiger partial charge in [-0.1, -0.05) is 6.92 Å². The highest BCUT2D eigenvalue weighted by molar-refractivity contribution is 9.10. The van der Waals surface area contributed by atoms with E-state index in [2.05, 4.69) is 33.2 Å². The fourth-order valence-corrected chi connectivity index (χ4v) is 3.78. The predicted octanol–water partition coefficient (Wildman–Crippen LogP) is 4.83. The van der Waals surface area contributed by atoms with Gasteiger partial charge in [0.15, 0.2) is 11.6 Å². The van der Waals surface area contributed by atoms with Crippen molar-refractivity contribution >= 4 is 27.3 Å². The van der Waals surface area contributed by atoms with Gasteiger partial charge < -0.3 is 5.32 Å². The summed E-state index contributed by atoms with van der Waals surface area (Å²) in [5.41, 5.74) is 1.49. The van der Waals surface area contributed by atoms with E-state index in [1.54, 1.807) is 6.07 Å². The van der Waals surface area contributed by atoms with Crippen LogP contribution in [0.1, 0.15) is 30.5 Å². The van der Waals surface area contributed by atoms with Crippen LogP contribution in [0, 0.1) is 18.6 Å². The third-order valence-corrected chi connectivity index (χ3v) is 5.15. The summed E-state index contributed by atoms with van der Waals surface area (Å²) in [5.74, 6) is -1.74. The third kappa shape index (κ3) is 2.92. The average Bonchev–Trinajstić information content (AvgIpc) is 2.78. The molecule has 0 saturated carbocycles. The molecule has 2 nitrogen and oxygen atoms in total. The lowest BCUT2D eigenvalue weighted by Crippen LogP contribution is -2.17. The largest absolute Gasteiger partial charge is 0.310 e. The number of benzene rings is 1. The Morgan fingerprint density at radius 2 is 2.10 bits per heavy atom. The van der Waals surface area contributed by atoms with Crippen molar-refractivity contribution in [3.05, 3.63) is 38.8 Å². The van der Waals surface area contributed by atoms with Crippen molar-refractivity contribution < 1.29 is 8.78 Å². The van der Waals surface area contributed by atoms with Gasteiger partial charge in [-0.3, -0.25) is 0 Å². The Bertz CT molecular complexity index is 628. The molecule has 1 atom stereocenters. The number of rotatable bonds is 4. The monoisotopic (exact) mass is 360 g/mol. The summed E-state index contributed by atoms with van der Waals surface area (Å²) >= 11 is 4.60. The Hall–Kier alpha value is -0.850. The SMILES string of the molecule is CCNC(C)c1sc(-c2ccc(F)c(F)c2Br)nc1C. The summed E-state index contributed by atoms with van der Waals surface area (Å²) < 4.78 is 26.9. The fourth-order valence-electron chi connectivity index (χ4n) is 2.02. The molecule has 2 rings (SSSR count). The second-order valence-electron chi connectivity index (χ2n) is 4.47. The van der Waals surface area contributed by atoms with Crippen molar-refractivity contribution in [1.82, 2.24) is 10.3 Å². The maximum absolute atomic E-state index is 13.6. The average molecular weight is 361 g/mol. The highest BCUT2D eigenvalue weighted by Gasteiger charge is 2.18. The van der Waals surface area contributed by atoms with E-state index in [0.29, 0.717) is 10.6 Å². The van der Waals surface area contributed by atoms with Crippen LogP contribution in [-0.2, 0) is 0 Å². The van der Waals surface area contributed by atoms with Crippen molar-refractivity contribution in [3.63, 3.8) is 0 Å². The predicted molar refractivity (Wildman–Crippen MR) is 82.0 cm³/mol. The molecule has 0 saturated heterocycles. The molecule has 1 N–H and O–H groups in total. The van der Waals surface area contributed by atoms with Crippen LogP contribution in [0.2, 0.25) is 0 Å². The maximum atomic E-state index is 13.6. The Kier molecular flexibility index (Phi) is 4.88. The lowest BCUT2D eigenvalue weighted by molar-refractivity contribution is 0.505. The van der Waals surface area contributed by atoms with Crippen LogP contribution in [0.3, 0.4) is 0 Å². The Balaban J connectivity index is 2.45. The first kappa shape index (κ1) is 15.5. The molecule has 1 heterocycles. The Morgan fingerprint density at radius 3 is 2.75 bits per heavy atom. The highest BCUT2D eigenvalue weighted by Crippen LogP contribution is 2.37. The molecule has 0 aliphatic heterocycles. The van der Waals surface area contributed by atoms with E-state index in [-0.39, 0.29) is 10.5 Å². The molecule has 0 spiro atoms. The van der Waals surface area contributed by atoms with Crippen LogP contribution >= 0.6 is 27.3 Å². The topological polar surface area (TPSA) is 24.9 Å². The number of aromatic nitrogens is 1. The summed E-state index contributed by atoms with van der Waals surface area (Å²) in [4.78, 5) is 5.58. The van der Waals surface area contributed by atoms with E-state index in [1.165, 1.54) is 11.3 Å². The van der Waals surface area contributed by atoms with Gasteiger partial charge in [-0.2, -0.15) is 0 Å². The first-order valence-corrected chi connectivity index (χ1v) is 7.91. The summed E-state index contributed by atoms with van der Waals surface area (Å²) in [6.45, 7) is 6.90. The molecule has 6 heteroatoms. The minimum Gasteiger partial charge on any atom is -0.310 e. The van der Waals surface area contributed by atoms with Gasteiger partial charge in [-0.05, 0) is 48.5 Å². The second kappa shape index (κ2) is 6.28. The molecule has 2 aromatic rings. The zero-order valence-corrected chi connectivity index (χ0v) is 13.8. The van der Waals surface area contributed by atoms with Gasteiger partial charge in [0.25, 0.3) is 0 Å². The minimum absolute atomic E-state index is 0.119. The minimum atomic E-state index is -0.878. The second-order valence-corrected chi connectivity index (χ2v) is 6.29. The van der Waals surface area contributed by atoms with Gasteiger partial charge in [0.05, 0.1) is 10.2 Å². The van der Waals surface area contributed by atoms with E-state index in [0.717, 1.165) is 23.2 Å². The smallest absolute Gasteiger partial charge is 0.173 e. The number of nitrogens with zero attached hydrogens (tertiary/aromatic N) is 1. The van der Waals surface area contributed by atoms with Crippen molar-refractivity contribution in [2.45, 2.75) is 26.8 Å². The van der Waals surface area contributed by atoms with Gasteiger partial charge in [-0.15, -0.1) is 11.3 Å². The number of thiazole rings is 1. The van der Waals surface area contributed by atoms with Gasteiger partial charge in [0, 0.05) is 16.5 Å². The number of nitrogens with one attached hydrogen (secondary N) is 1. The fraction of sp³-hybridized carbons (Fsp3) is 0.357. The summed E-state index contributed by atoms with van der Waals surface area (Å²) in [6.07, 6.45) is 0. The molecular weight excluding hydrogens is 346 g/mol. The highest BCUT2D eigenvalue weighted by atomic mass is 79.9. The Labute approximate surface area is 129 Å². The molecule has 0 amide bonds. The van der Waals surface area contributed by atoms with Crippen LogP contribution < -0.4 is 5.32 Å². The van der Waals surface area contributed by atoms with Crippen LogP contribution in [0.25, 0.3) is 10.6 Å².